The summed E-state index contributed by atoms with van der Waals surface area (Å²) in [6, 6.07) is 9.51. The molecule has 2 rings (SSSR count). The first-order chi connectivity index (χ1) is 8.19. The molecule has 2 aromatic rings. The van der Waals surface area contributed by atoms with E-state index in [0.29, 0.717) is 5.69 Å². The summed E-state index contributed by atoms with van der Waals surface area (Å²) in [5.41, 5.74) is 9.06. The normalized spacial score (nSPS) is 9.65. The summed E-state index contributed by atoms with van der Waals surface area (Å²) in [5.74, 6) is 3.38. The van der Waals surface area contributed by atoms with E-state index in [4.69, 9.17) is 12.2 Å². The van der Waals surface area contributed by atoms with Gasteiger partial charge in [-0.15, -0.1) is 6.42 Å². The van der Waals surface area contributed by atoms with Crippen molar-refractivity contribution in [2.24, 2.45) is 0 Å². The maximum Gasteiger partial charge on any atom is 0.133 e. The molecule has 17 heavy (non-hydrogen) atoms. The molecule has 0 bridgehead atoms. The monoisotopic (exact) mass is 223 g/mol. The van der Waals surface area contributed by atoms with Crippen LogP contribution in [0.3, 0.4) is 0 Å². The molecule has 0 fully saturated rings. The zero-order chi connectivity index (χ0) is 12.3. The van der Waals surface area contributed by atoms with E-state index in [-0.39, 0.29) is 0 Å². The number of nitrogen functional groups attached to an aromatic ring is 1. The molecule has 0 saturated carbocycles. The molecular weight excluding hydrogens is 210 g/mol. The van der Waals surface area contributed by atoms with Gasteiger partial charge in [-0.25, -0.2) is 4.98 Å². The minimum atomic E-state index is 0.658. The Balaban J connectivity index is 2.28. The molecule has 3 nitrogen and oxygen atoms in total. The Morgan fingerprint density at radius 1 is 1.35 bits per heavy atom. The summed E-state index contributed by atoms with van der Waals surface area (Å²) in [4.78, 5) is 4.24. The van der Waals surface area contributed by atoms with Crippen LogP contribution in [-0.2, 0) is 0 Å². The van der Waals surface area contributed by atoms with Gasteiger partial charge < -0.3 is 11.1 Å². The largest absolute Gasteiger partial charge is 0.397 e. The Bertz CT molecular complexity index is 582. The molecule has 1 aromatic carbocycles. The van der Waals surface area contributed by atoms with E-state index in [9.17, 15) is 0 Å². The summed E-state index contributed by atoms with van der Waals surface area (Å²) in [5, 5.41) is 3.21. The van der Waals surface area contributed by atoms with Crippen LogP contribution in [0.5, 0.6) is 0 Å². The number of hydrogen-bond donors (Lipinski definition) is 2. The van der Waals surface area contributed by atoms with Crippen molar-refractivity contribution in [2.75, 3.05) is 11.1 Å². The van der Waals surface area contributed by atoms with E-state index in [1.54, 1.807) is 6.20 Å². The smallest absolute Gasteiger partial charge is 0.133 e. The Morgan fingerprint density at radius 3 is 2.88 bits per heavy atom. The van der Waals surface area contributed by atoms with Gasteiger partial charge in [0.1, 0.15) is 5.82 Å². The van der Waals surface area contributed by atoms with E-state index in [0.717, 1.165) is 22.6 Å². The van der Waals surface area contributed by atoms with E-state index in [1.807, 2.05) is 37.3 Å². The molecule has 0 aliphatic heterocycles. The van der Waals surface area contributed by atoms with Gasteiger partial charge in [-0.1, -0.05) is 12.0 Å². The molecule has 3 heteroatoms. The number of anilines is 3. The fourth-order valence-corrected chi connectivity index (χ4v) is 1.55. The number of benzene rings is 1. The average molecular weight is 223 g/mol. The number of pyridine rings is 1. The summed E-state index contributed by atoms with van der Waals surface area (Å²) >= 11 is 0. The third-order valence-corrected chi connectivity index (χ3v) is 2.39. The lowest BCUT2D eigenvalue weighted by Gasteiger charge is -2.09. The summed E-state index contributed by atoms with van der Waals surface area (Å²) < 4.78 is 0. The van der Waals surface area contributed by atoms with Crippen LogP contribution in [0.2, 0.25) is 0 Å². The molecule has 0 aliphatic carbocycles. The molecule has 1 heterocycles. The first kappa shape index (κ1) is 11.0. The SMILES string of the molecule is C#Cc1cccc(Nc2ncc(N)cc2C)c1. The fraction of sp³-hybridized carbons (Fsp3) is 0.0714. The van der Waals surface area contributed by atoms with Crippen LogP contribution in [0.4, 0.5) is 17.2 Å². The molecule has 0 saturated heterocycles. The number of hydrogen-bond acceptors (Lipinski definition) is 3. The van der Waals surface area contributed by atoms with Crippen molar-refractivity contribution in [3.63, 3.8) is 0 Å². The standard InChI is InChI=1S/C14H13N3/c1-3-11-5-4-6-13(8-11)17-14-10(2)7-12(15)9-16-14/h1,4-9H,15H2,2H3,(H,16,17). The zero-order valence-corrected chi connectivity index (χ0v) is 9.57. The molecule has 0 aliphatic rings. The molecule has 1 aromatic heterocycles. The molecule has 3 N–H and O–H groups in total. The molecule has 0 radical (unpaired) electrons. The Hall–Kier alpha value is -2.47. The van der Waals surface area contributed by atoms with Crippen molar-refractivity contribution in [2.45, 2.75) is 6.92 Å². The van der Waals surface area contributed by atoms with Gasteiger partial charge in [0.25, 0.3) is 0 Å². The number of terminal acetylenes is 1. The van der Waals surface area contributed by atoms with Gasteiger partial charge in [0.2, 0.25) is 0 Å². The zero-order valence-electron chi connectivity index (χ0n) is 9.57. The predicted molar refractivity (Wildman–Crippen MR) is 71.0 cm³/mol. The second-order valence-corrected chi connectivity index (χ2v) is 3.78. The summed E-state index contributed by atoms with van der Waals surface area (Å²) in [6.45, 7) is 1.96. The molecule has 0 atom stereocenters. The fourth-order valence-electron chi connectivity index (χ4n) is 1.55. The molecule has 84 valence electrons. The number of rotatable bonds is 2. The highest BCUT2D eigenvalue weighted by atomic mass is 15.0. The van der Waals surface area contributed by atoms with Crippen molar-refractivity contribution >= 4 is 17.2 Å². The van der Waals surface area contributed by atoms with Crippen LogP contribution in [-0.4, -0.2) is 4.98 Å². The third-order valence-electron chi connectivity index (χ3n) is 2.39. The minimum absolute atomic E-state index is 0.658. The van der Waals surface area contributed by atoms with E-state index in [2.05, 4.69) is 16.2 Å². The molecule has 0 amide bonds. The minimum Gasteiger partial charge on any atom is -0.397 e. The van der Waals surface area contributed by atoms with Crippen LogP contribution in [0.25, 0.3) is 0 Å². The van der Waals surface area contributed by atoms with E-state index < -0.39 is 0 Å². The molecule has 0 spiro atoms. The van der Waals surface area contributed by atoms with Gasteiger partial charge >= 0.3 is 0 Å². The highest BCUT2D eigenvalue weighted by Crippen LogP contribution is 2.20. The van der Waals surface area contributed by atoms with Gasteiger partial charge in [0.05, 0.1) is 11.9 Å². The first-order valence-electron chi connectivity index (χ1n) is 5.25. The second-order valence-electron chi connectivity index (χ2n) is 3.78. The van der Waals surface area contributed by atoms with Crippen LogP contribution in [0.15, 0.2) is 36.5 Å². The van der Waals surface area contributed by atoms with Gasteiger partial charge in [0.15, 0.2) is 0 Å². The Labute approximate surface area is 101 Å². The van der Waals surface area contributed by atoms with Crippen molar-refractivity contribution in [1.29, 1.82) is 0 Å². The number of nitrogens with one attached hydrogen (secondary N) is 1. The maximum atomic E-state index is 5.65. The van der Waals surface area contributed by atoms with E-state index in [1.165, 1.54) is 0 Å². The highest BCUT2D eigenvalue weighted by molar-refractivity contribution is 5.62. The third kappa shape index (κ3) is 2.56. The van der Waals surface area contributed by atoms with Crippen molar-refractivity contribution < 1.29 is 0 Å². The van der Waals surface area contributed by atoms with Gasteiger partial charge in [-0.05, 0) is 36.8 Å². The Morgan fingerprint density at radius 2 is 2.18 bits per heavy atom. The van der Waals surface area contributed by atoms with Crippen LogP contribution < -0.4 is 11.1 Å². The Kier molecular flexibility index (Phi) is 2.97. The quantitative estimate of drug-likeness (QED) is 0.770. The highest BCUT2D eigenvalue weighted by Gasteiger charge is 2.01. The van der Waals surface area contributed by atoms with Crippen LogP contribution in [0, 0.1) is 19.3 Å². The lowest BCUT2D eigenvalue weighted by molar-refractivity contribution is 1.26. The average Bonchev–Trinajstić information content (AvgIpc) is 2.33. The van der Waals surface area contributed by atoms with Gasteiger partial charge in [-0.3, -0.25) is 0 Å². The number of nitrogens with two attached hydrogens (primary N) is 1. The predicted octanol–water partition coefficient (Wildman–Crippen LogP) is 2.70. The first-order valence-corrected chi connectivity index (χ1v) is 5.25. The molecular formula is C14H13N3. The van der Waals surface area contributed by atoms with E-state index >= 15 is 0 Å². The number of nitrogens with zero attached hydrogens (tertiary/aromatic N) is 1. The molecule has 0 unspecified atom stereocenters. The summed E-state index contributed by atoms with van der Waals surface area (Å²) in [7, 11) is 0. The van der Waals surface area contributed by atoms with Crippen molar-refractivity contribution in [1.82, 2.24) is 4.98 Å². The second kappa shape index (κ2) is 4.58. The number of aryl methyl sites for hydroxylation is 1. The summed E-state index contributed by atoms with van der Waals surface area (Å²) in [6.07, 6.45) is 6.98. The lowest BCUT2D eigenvalue weighted by atomic mass is 10.2. The van der Waals surface area contributed by atoms with Crippen molar-refractivity contribution in [3.05, 3.63) is 47.7 Å². The van der Waals surface area contributed by atoms with Crippen molar-refractivity contribution in [3.8, 4) is 12.3 Å². The van der Waals surface area contributed by atoms with Gasteiger partial charge in [-0.2, -0.15) is 0 Å². The topological polar surface area (TPSA) is 50.9 Å². The number of aromatic nitrogens is 1. The van der Waals surface area contributed by atoms with Gasteiger partial charge in [0, 0.05) is 11.3 Å². The van der Waals surface area contributed by atoms with Crippen LogP contribution >= 0.6 is 0 Å². The lowest BCUT2D eigenvalue weighted by Crippen LogP contribution is -1.98. The maximum absolute atomic E-state index is 5.65. The van der Waals surface area contributed by atoms with Crippen LogP contribution in [0.1, 0.15) is 11.1 Å².